The molecule has 0 radical (unpaired) electrons. The Morgan fingerprint density at radius 3 is 2.29 bits per heavy atom. The van der Waals surface area contributed by atoms with Gasteiger partial charge in [-0.05, 0) is 54.3 Å². The molecule has 1 N–H and O–H groups in total. The Morgan fingerprint density at radius 2 is 1.66 bits per heavy atom. The number of benzene rings is 3. The van der Waals surface area contributed by atoms with Crippen LogP contribution in [0.15, 0.2) is 83.9 Å². The molecule has 1 heterocycles. The number of carbonyl (C=O) groups is 1. The Balaban J connectivity index is 1.59. The number of aromatic nitrogens is 1. The summed E-state index contributed by atoms with van der Waals surface area (Å²) in [6, 6.07) is 27.4. The summed E-state index contributed by atoms with van der Waals surface area (Å²) in [4.78, 5) is 18.1. The first-order valence-electron chi connectivity index (χ1n) is 13.3. The largest absolute Gasteiger partial charge is 0.497 e. The van der Waals surface area contributed by atoms with Crippen LogP contribution in [0.2, 0.25) is 0 Å². The molecule has 4 aromatic rings. The Morgan fingerprint density at radius 1 is 0.927 bits per heavy atom. The van der Waals surface area contributed by atoms with Crippen molar-refractivity contribution in [3.8, 4) is 45.7 Å². The van der Waals surface area contributed by atoms with Gasteiger partial charge in [0.2, 0.25) is 5.91 Å². The van der Waals surface area contributed by atoms with Gasteiger partial charge in [-0.2, -0.15) is 5.26 Å². The van der Waals surface area contributed by atoms with Crippen LogP contribution in [0.4, 0.5) is 0 Å². The number of hydrogen-bond donors (Lipinski definition) is 1. The van der Waals surface area contributed by atoms with Crippen molar-refractivity contribution >= 4 is 17.7 Å². The van der Waals surface area contributed by atoms with E-state index in [0.29, 0.717) is 41.5 Å². The molecule has 0 aliphatic carbocycles. The molecule has 0 bridgehead atoms. The van der Waals surface area contributed by atoms with Crippen LogP contribution in [0, 0.1) is 11.3 Å². The molecule has 0 saturated heterocycles. The summed E-state index contributed by atoms with van der Waals surface area (Å²) in [5.74, 6) is 1.95. The van der Waals surface area contributed by atoms with E-state index in [-0.39, 0.29) is 5.91 Å². The van der Waals surface area contributed by atoms with E-state index in [2.05, 4.69) is 11.4 Å². The minimum atomic E-state index is -0.422. The lowest BCUT2D eigenvalue weighted by atomic mass is 9.99. The fourth-order valence-corrected chi connectivity index (χ4v) is 5.46. The van der Waals surface area contributed by atoms with Gasteiger partial charge >= 0.3 is 0 Å². The minimum absolute atomic E-state index is 0.0974. The highest BCUT2D eigenvalue weighted by Crippen LogP contribution is 2.37. The summed E-state index contributed by atoms with van der Waals surface area (Å²) in [7, 11) is 4.82. The zero-order valence-corrected chi connectivity index (χ0v) is 24.5. The summed E-state index contributed by atoms with van der Waals surface area (Å²) in [6.07, 6.45) is 1.22. The van der Waals surface area contributed by atoms with Crippen molar-refractivity contribution in [2.24, 2.45) is 0 Å². The standard InChI is InChI=1S/C33H33N3O4S/c1-5-31(32(37)35-18-17-22-11-16-29(39-3)30(19-22)40-4)41-33-27(21-34)26(23-12-14-25(38-2)15-13-23)20-28(36-33)24-9-7-6-8-10-24/h6-16,19-20,31H,5,17-18H2,1-4H3,(H,35,37). The van der Waals surface area contributed by atoms with Gasteiger partial charge in [-0.3, -0.25) is 4.79 Å². The van der Waals surface area contributed by atoms with Gasteiger partial charge in [0.15, 0.2) is 11.5 Å². The highest BCUT2D eigenvalue weighted by atomic mass is 32.2. The first-order chi connectivity index (χ1) is 20.0. The average molecular weight is 568 g/mol. The maximum Gasteiger partial charge on any atom is 0.233 e. The van der Waals surface area contributed by atoms with Crippen molar-refractivity contribution in [2.45, 2.75) is 30.0 Å². The quantitative estimate of drug-likeness (QED) is 0.194. The van der Waals surface area contributed by atoms with E-state index in [1.165, 1.54) is 11.8 Å². The molecule has 4 rings (SSSR count). The molecule has 1 unspecified atom stereocenters. The zero-order chi connectivity index (χ0) is 29.2. The highest BCUT2D eigenvalue weighted by Gasteiger charge is 2.23. The van der Waals surface area contributed by atoms with Crippen molar-refractivity contribution in [3.63, 3.8) is 0 Å². The number of carbonyl (C=O) groups excluding carboxylic acids is 1. The summed E-state index contributed by atoms with van der Waals surface area (Å²) < 4.78 is 16.0. The highest BCUT2D eigenvalue weighted by molar-refractivity contribution is 8.00. The number of ether oxygens (including phenoxy) is 3. The van der Waals surface area contributed by atoms with Gasteiger partial charge in [0.05, 0.1) is 37.8 Å². The van der Waals surface area contributed by atoms with Gasteiger partial charge in [-0.15, -0.1) is 0 Å². The third kappa shape index (κ3) is 7.19. The number of methoxy groups -OCH3 is 3. The van der Waals surface area contributed by atoms with E-state index in [4.69, 9.17) is 19.2 Å². The number of nitriles is 1. The van der Waals surface area contributed by atoms with Crippen LogP contribution in [-0.4, -0.2) is 44.0 Å². The van der Waals surface area contributed by atoms with Gasteiger partial charge in [0.25, 0.3) is 0 Å². The Bertz CT molecular complexity index is 1520. The zero-order valence-electron chi connectivity index (χ0n) is 23.6. The summed E-state index contributed by atoms with van der Waals surface area (Å²) in [5.41, 5.74) is 4.77. The molecule has 0 saturated carbocycles. The second kappa shape index (κ2) is 14.2. The van der Waals surface area contributed by atoms with Crippen LogP contribution in [0.5, 0.6) is 17.2 Å². The molecule has 210 valence electrons. The molecule has 0 aliphatic heterocycles. The molecule has 7 nitrogen and oxygen atoms in total. The topological polar surface area (TPSA) is 93.5 Å². The number of pyridine rings is 1. The third-order valence-corrected chi connectivity index (χ3v) is 8.00. The van der Waals surface area contributed by atoms with Crippen molar-refractivity contribution in [2.75, 3.05) is 27.9 Å². The Hall–Kier alpha value is -4.48. The second-order valence-electron chi connectivity index (χ2n) is 9.19. The van der Waals surface area contributed by atoms with Crippen LogP contribution in [0.3, 0.4) is 0 Å². The molecule has 3 aromatic carbocycles. The van der Waals surface area contributed by atoms with Gasteiger partial charge < -0.3 is 19.5 Å². The van der Waals surface area contributed by atoms with Crippen molar-refractivity contribution in [1.29, 1.82) is 5.26 Å². The molecule has 1 amide bonds. The van der Waals surface area contributed by atoms with Crippen LogP contribution in [-0.2, 0) is 11.2 Å². The number of nitrogens with one attached hydrogen (secondary N) is 1. The minimum Gasteiger partial charge on any atom is -0.497 e. The monoisotopic (exact) mass is 567 g/mol. The molecular formula is C33H33N3O4S. The predicted octanol–water partition coefficient (Wildman–Crippen LogP) is 6.54. The summed E-state index contributed by atoms with van der Waals surface area (Å²) in [5, 5.41) is 13.4. The van der Waals surface area contributed by atoms with E-state index < -0.39 is 5.25 Å². The van der Waals surface area contributed by atoms with Gasteiger partial charge in [0.1, 0.15) is 16.8 Å². The lowest BCUT2D eigenvalue weighted by Crippen LogP contribution is -2.33. The van der Waals surface area contributed by atoms with Gasteiger partial charge in [0, 0.05) is 17.7 Å². The fourth-order valence-electron chi connectivity index (χ4n) is 4.41. The van der Waals surface area contributed by atoms with Crippen molar-refractivity contribution in [3.05, 3.63) is 90.0 Å². The first-order valence-corrected chi connectivity index (χ1v) is 14.2. The van der Waals surface area contributed by atoms with E-state index in [1.54, 1.807) is 21.3 Å². The molecule has 0 fully saturated rings. The molecule has 41 heavy (non-hydrogen) atoms. The smallest absolute Gasteiger partial charge is 0.233 e. The van der Waals surface area contributed by atoms with Gasteiger partial charge in [-0.25, -0.2) is 4.98 Å². The predicted molar refractivity (Wildman–Crippen MR) is 163 cm³/mol. The maximum atomic E-state index is 13.3. The lowest BCUT2D eigenvalue weighted by molar-refractivity contribution is -0.120. The fraction of sp³-hybridized carbons (Fsp3) is 0.242. The van der Waals surface area contributed by atoms with E-state index >= 15 is 0 Å². The normalized spacial score (nSPS) is 11.3. The number of nitrogens with zero attached hydrogens (tertiary/aromatic N) is 2. The molecule has 1 aromatic heterocycles. The lowest BCUT2D eigenvalue weighted by Gasteiger charge is -2.18. The molecular weight excluding hydrogens is 534 g/mol. The van der Waals surface area contributed by atoms with Crippen LogP contribution in [0.25, 0.3) is 22.4 Å². The van der Waals surface area contributed by atoms with Crippen LogP contribution in [0.1, 0.15) is 24.5 Å². The van der Waals surface area contributed by atoms with Crippen LogP contribution >= 0.6 is 11.8 Å². The SMILES string of the molecule is CCC(Sc1nc(-c2ccccc2)cc(-c2ccc(OC)cc2)c1C#N)C(=O)NCCc1ccc(OC)c(OC)c1. The average Bonchev–Trinajstić information content (AvgIpc) is 3.03. The van der Waals surface area contributed by atoms with Crippen molar-refractivity contribution in [1.82, 2.24) is 10.3 Å². The number of thioether (sulfide) groups is 1. The molecule has 0 spiro atoms. The van der Waals surface area contributed by atoms with Crippen molar-refractivity contribution < 1.29 is 19.0 Å². The maximum absolute atomic E-state index is 13.3. The van der Waals surface area contributed by atoms with Crippen LogP contribution < -0.4 is 19.5 Å². The molecule has 0 aliphatic rings. The third-order valence-electron chi connectivity index (χ3n) is 6.65. The molecule has 8 heteroatoms. The van der Waals surface area contributed by atoms with E-state index in [1.807, 2.05) is 85.8 Å². The number of hydrogen-bond acceptors (Lipinski definition) is 7. The first kappa shape index (κ1) is 29.5. The molecule has 1 atom stereocenters. The number of amides is 1. The summed E-state index contributed by atoms with van der Waals surface area (Å²) >= 11 is 1.32. The Kier molecular flexibility index (Phi) is 10.2. The Labute approximate surface area is 245 Å². The number of rotatable bonds is 12. The summed E-state index contributed by atoms with van der Waals surface area (Å²) in [6.45, 7) is 2.42. The second-order valence-corrected chi connectivity index (χ2v) is 10.4. The van der Waals surface area contributed by atoms with E-state index in [9.17, 15) is 10.1 Å². The van der Waals surface area contributed by atoms with Gasteiger partial charge in [-0.1, -0.05) is 67.2 Å². The van der Waals surface area contributed by atoms with E-state index in [0.717, 1.165) is 33.7 Å².